The van der Waals surface area contributed by atoms with Gasteiger partial charge in [-0.2, -0.15) is 0 Å². The number of quaternary nitrogens is 1. The first-order valence-corrected chi connectivity index (χ1v) is 7.18. The topological polar surface area (TPSA) is 109 Å². The van der Waals surface area contributed by atoms with E-state index in [4.69, 9.17) is 9.99 Å². The average molecular weight is 285 g/mol. The van der Waals surface area contributed by atoms with E-state index in [1.54, 1.807) is 6.92 Å². The Bertz CT molecular complexity index is 312. The molecule has 0 heterocycles. The Morgan fingerprint density at radius 3 is 2.00 bits per heavy atom. The third-order valence-corrected chi connectivity index (χ3v) is 1.36. The van der Waals surface area contributed by atoms with Crippen molar-refractivity contribution in [2.75, 3.05) is 26.5 Å². The van der Waals surface area contributed by atoms with Gasteiger partial charge in [0.05, 0.1) is 13.3 Å². The molecule has 0 radical (unpaired) electrons. The predicted molar refractivity (Wildman–Crippen MR) is 65.8 cm³/mol. The zero-order chi connectivity index (χ0) is 15.2. The van der Waals surface area contributed by atoms with Gasteiger partial charge >= 0.3 is 5.97 Å². The summed E-state index contributed by atoms with van der Waals surface area (Å²) in [4.78, 5) is 10.7. The van der Waals surface area contributed by atoms with Crippen LogP contribution in [0.1, 0.15) is 20.8 Å². The molecule has 0 aliphatic carbocycles. The Morgan fingerprint density at radius 2 is 1.78 bits per heavy atom. The van der Waals surface area contributed by atoms with Gasteiger partial charge in [0.1, 0.15) is 13.2 Å². The Balaban J connectivity index is -0.000000241. The Hall–Kier alpha value is -0.960. The van der Waals surface area contributed by atoms with Crippen LogP contribution in [0.4, 0.5) is 0 Å². The fraction of sp³-hybridized carbons (Fsp3) is 0.700. The van der Waals surface area contributed by atoms with Crippen LogP contribution >= 0.6 is 0 Å². The van der Waals surface area contributed by atoms with E-state index in [1.807, 2.05) is 26.2 Å². The number of nitrogens with two attached hydrogens (primary N) is 1. The van der Waals surface area contributed by atoms with Gasteiger partial charge in [0.15, 0.2) is 0 Å². The van der Waals surface area contributed by atoms with Crippen molar-refractivity contribution in [1.29, 1.82) is 0 Å². The molecule has 0 amide bonds. The lowest BCUT2D eigenvalue weighted by molar-refractivity contribution is -0.634. The highest BCUT2D eigenvalue weighted by atomic mass is 32.2. The monoisotopic (exact) mass is 285 g/mol. The maximum atomic E-state index is 10.7. The second-order valence-electron chi connectivity index (χ2n) is 2.89. The van der Waals surface area contributed by atoms with Gasteiger partial charge in [-0.1, -0.05) is 20.4 Å². The summed E-state index contributed by atoms with van der Waals surface area (Å²) in [5.41, 5.74) is 0.455. The number of ether oxygens (including phenoxy) is 1. The summed E-state index contributed by atoms with van der Waals surface area (Å²) in [5, 5.41) is 10.8. The predicted octanol–water partition coefficient (Wildman–Crippen LogP) is -1.44. The molecule has 8 heteroatoms. The summed E-state index contributed by atoms with van der Waals surface area (Å²) < 4.78 is 26.4. The van der Waals surface area contributed by atoms with Crippen molar-refractivity contribution in [2.24, 2.45) is 0 Å². The lowest BCUT2D eigenvalue weighted by Gasteiger charge is -2.00. The van der Waals surface area contributed by atoms with Gasteiger partial charge in [-0.25, -0.2) is 13.2 Å². The highest BCUT2D eigenvalue weighted by Crippen LogP contribution is 1.89. The first-order valence-electron chi connectivity index (χ1n) is 5.36. The number of hydrogen-bond acceptors (Lipinski definition) is 6. The van der Waals surface area contributed by atoms with Crippen molar-refractivity contribution in [3.63, 3.8) is 0 Å². The van der Waals surface area contributed by atoms with Crippen LogP contribution in [-0.4, -0.2) is 40.8 Å². The van der Waals surface area contributed by atoms with Crippen LogP contribution in [0, 0.1) is 0 Å². The Kier molecular flexibility index (Phi) is 17.4. The van der Waals surface area contributed by atoms with Crippen molar-refractivity contribution in [1.82, 2.24) is 0 Å². The van der Waals surface area contributed by atoms with Crippen LogP contribution in [0.3, 0.4) is 0 Å². The quantitative estimate of drug-likeness (QED) is 0.218. The van der Waals surface area contributed by atoms with Gasteiger partial charge in [-0.3, -0.25) is 0 Å². The van der Waals surface area contributed by atoms with E-state index in [-0.39, 0.29) is 5.97 Å². The molecule has 0 aliphatic rings. The molecule has 0 aromatic carbocycles. The SMILES string of the molecule is C=C(C)C(=O)OCC[NH2+]C.CC.CS(=O)(=O)O[O-]. The molecule has 0 unspecified atom stereocenters. The average Bonchev–Trinajstić information content (AvgIpc) is 2.31. The molecular formula is C10H23NO6S. The molecule has 7 nitrogen and oxygen atoms in total. The maximum Gasteiger partial charge on any atom is 0.333 e. The minimum atomic E-state index is -3.72. The minimum absolute atomic E-state index is 0.304. The summed E-state index contributed by atoms with van der Waals surface area (Å²) in [6.07, 6.45) is 0.681. The van der Waals surface area contributed by atoms with E-state index in [0.717, 1.165) is 6.54 Å². The van der Waals surface area contributed by atoms with Gasteiger partial charge in [-0.05, 0) is 6.92 Å². The fourth-order valence-corrected chi connectivity index (χ4v) is 0.393. The largest absolute Gasteiger partial charge is 0.707 e. The van der Waals surface area contributed by atoms with E-state index in [2.05, 4.69) is 10.9 Å². The zero-order valence-electron chi connectivity index (χ0n) is 11.6. The van der Waals surface area contributed by atoms with Crippen molar-refractivity contribution >= 4 is 16.1 Å². The summed E-state index contributed by atoms with van der Waals surface area (Å²) in [5.74, 6) is -0.304. The van der Waals surface area contributed by atoms with E-state index >= 15 is 0 Å². The van der Waals surface area contributed by atoms with Crippen LogP contribution < -0.4 is 10.6 Å². The molecule has 0 saturated heterocycles. The lowest BCUT2D eigenvalue weighted by atomic mass is 10.4. The van der Waals surface area contributed by atoms with E-state index < -0.39 is 10.1 Å². The molecule has 0 aromatic heterocycles. The summed E-state index contributed by atoms with van der Waals surface area (Å²) in [6.45, 7) is 10.4. The van der Waals surface area contributed by atoms with E-state index in [1.165, 1.54) is 0 Å². The molecule has 0 bridgehead atoms. The smallest absolute Gasteiger partial charge is 0.333 e. The zero-order valence-corrected chi connectivity index (χ0v) is 12.4. The molecule has 2 N–H and O–H groups in total. The summed E-state index contributed by atoms with van der Waals surface area (Å²) in [6, 6.07) is 0. The highest BCUT2D eigenvalue weighted by Gasteiger charge is 2.01. The van der Waals surface area contributed by atoms with Crippen molar-refractivity contribution in [3.8, 4) is 0 Å². The molecule has 110 valence electrons. The maximum absolute atomic E-state index is 10.7. The molecule has 0 atom stereocenters. The lowest BCUT2D eigenvalue weighted by Crippen LogP contribution is -2.80. The number of carbonyl (C=O) groups is 1. The number of rotatable bonds is 5. The fourth-order valence-electron chi connectivity index (χ4n) is 0.393. The third-order valence-electron chi connectivity index (χ3n) is 1.11. The summed E-state index contributed by atoms with van der Waals surface area (Å²) in [7, 11) is -1.79. The highest BCUT2D eigenvalue weighted by molar-refractivity contribution is 7.85. The molecule has 0 aromatic rings. The second-order valence-corrected chi connectivity index (χ2v) is 4.43. The Morgan fingerprint density at radius 1 is 1.39 bits per heavy atom. The standard InChI is InChI=1S/C7H13NO2.C2H6.CH4O4S/c1-6(2)7(9)10-5-4-8-3;1-2;1-6(3,4)5-2/h8H,1,4-5H2,2-3H3;1-2H3;2H,1H3. The van der Waals surface area contributed by atoms with Crippen molar-refractivity contribution < 1.29 is 32.9 Å². The van der Waals surface area contributed by atoms with E-state index in [0.29, 0.717) is 18.4 Å². The summed E-state index contributed by atoms with van der Waals surface area (Å²) >= 11 is 0. The van der Waals surface area contributed by atoms with Crippen LogP contribution in [0.2, 0.25) is 0 Å². The van der Waals surface area contributed by atoms with Gasteiger partial charge in [0.2, 0.25) is 0 Å². The molecule has 0 spiro atoms. The van der Waals surface area contributed by atoms with Crippen molar-refractivity contribution in [3.05, 3.63) is 12.2 Å². The molecule has 18 heavy (non-hydrogen) atoms. The second kappa shape index (κ2) is 14.1. The number of hydrogen-bond donors (Lipinski definition) is 1. The molecule has 0 saturated carbocycles. The van der Waals surface area contributed by atoms with Crippen LogP contribution in [0.25, 0.3) is 0 Å². The van der Waals surface area contributed by atoms with Crippen LogP contribution in [0.15, 0.2) is 12.2 Å². The normalized spacial score (nSPS) is 9.22. The van der Waals surface area contributed by atoms with Crippen LogP contribution in [0.5, 0.6) is 0 Å². The van der Waals surface area contributed by atoms with Crippen LogP contribution in [-0.2, 0) is 24.0 Å². The number of carbonyl (C=O) groups excluding carboxylic acids is 1. The van der Waals surface area contributed by atoms with Gasteiger partial charge in [0.25, 0.3) is 10.1 Å². The first-order chi connectivity index (χ1) is 8.24. The molecule has 0 aliphatic heterocycles. The molecule has 0 fully saturated rings. The molecule has 0 rings (SSSR count). The minimum Gasteiger partial charge on any atom is -0.707 e. The number of esters is 1. The van der Waals surface area contributed by atoms with Gasteiger partial charge < -0.3 is 19.6 Å². The Labute approximate surface area is 109 Å². The van der Waals surface area contributed by atoms with E-state index in [9.17, 15) is 13.2 Å². The molecular weight excluding hydrogens is 262 g/mol. The third kappa shape index (κ3) is 24.3. The van der Waals surface area contributed by atoms with Crippen molar-refractivity contribution in [2.45, 2.75) is 20.8 Å². The number of likely N-dealkylation sites (N-methyl/N-ethyl adjacent to an activating group) is 1. The van der Waals surface area contributed by atoms with Gasteiger partial charge in [-0.15, -0.1) is 0 Å². The van der Waals surface area contributed by atoms with Gasteiger partial charge in [0, 0.05) is 5.57 Å². The first kappa shape index (κ1) is 22.2.